The summed E-state index contributed by atoms with van der Waals surface area (Å²) < 4.78 is 34.6. The number of ether oxygens (including phenoxy) is 2. The maximum atomic E-state index is 13.3. The summed E-state index contributed by atoms with van der Waals surface area (Å²) in [6.45, 7) is -2.96. The van der Waals surface area contributed by atoms with Crippen molar-refractivity contribution in [2.45, 2.75) is 12.4 Å². The largest absolute Gasteiger partial charge is 0.497 e. The van der Waals surface area contributed by atoms with Crippen LogP contribution in [0.4, 0.5) is 26.4 Å². The van der Waals surface area contributed by atoms with Crippen LogP contribution in [0, 0.1) is 0 Å². The van der Waals surface area contributed by atoms with Gasteiger partial charge in [-0.25, -0.2) is 4.99 Å². The first-order valence-electron chi connectivity index (χ1n) is 10.0. The second-order valence-electron chi connectivity index (χ2n) is 6.97. The molecule has 0 atom stereocenters. The molecular weight excluding hydrogens is 480 g/mol. The highest BCUT2D eigenvalue weighted by molar-refractivity contribution is 8.13. The molecule has 0 unspecified atom stereocenters. The molecule has 10 nitrogen and oxygen atoms in total. The van der Waals surface area contributed by atoms with Crippen LogP contribution >= 0.6 is 11.8 Å². The lowest BCUT2D eigenvalue weighted by Crippen LogP contribution is -2.30. The number of thioether (sulfide) groups is 1. The van der Waals surface area contributed by atoms with Crippen LogP contribution < -0.4 is 25.8 Å². The van der Waals surface area contributed by atoms with Crippen LogP contribution in [0.15, 0.2) is 59.2 Å². The van der Waals surface area contributed by atoms with E-state index in [1.807, 2.05) is 0 Å². The van der Waals surface area contributed by atoms with Crippen LogP contribution in [-0.2, 0) is 10.5 Å². The molecule has 4 rings (SSSR count). The SMILES string of the molecule is COc1ccc(/C=C2/N=C(SCc3nc(N)nc(N)n3)N(c3ccc(OC(F)F)cc3)C2=O)cc1. The molecule has 0 bridgehead atoms. The summed E-state index contributed by atoms with van der Waals surface area (Å²) in [6.07, 6.45) is 1.63. The van der Waals surface area contributed by atoms with Gasteiger partial charge in [-0.3, -0.25) is 9.69 Å². The van der Waals surface area contributed by atoms with Crippen molar-refractivity contribution >= 4 is 46.5 Å². The number of aliphatic imine (C=N–C) groups is 1. The number of rotatable bonds is 7. The average molecular weight is 500 g/mol. The second-order valence-corrected chi connectivity index (χ2v) is 7.91. The van der Waals surface area contributed by atoms with Gasteiger partial charge in [-0.1, -0.05) is 23.9 Å². The van der Waals surface area contributed by atoms with Crippen molar-refractivity contribution in [1.29, 1.82) is 0 Å². The number of carbonyl (C=O) groups is 1. The summed E-state index contributed by atoms with van der Waals surface area (Å²) in [6, 6.07) is 12.8. The van der Waals surface area contributed by atoms with Crippen molar-refractivity contribution in [3.8, 4) is 11.5 Å². The minimum absolute atomic E-state index is 0.0240. The molecule has 13 heteroatoms. The third-order valence-corrected chi connectivity index (χ3v) is 5.55. The molecule has 2 heterocycles. The number of methoxy groups -OCH3 is 1. The smallest absolute Gasteiger partial charge is 0.387 e. The molecule has 1 aliphatic rings. The van der Waals surface area contributed by atoms with E-state index in [0.29, 0.717) is 22.4 Å². The Morgan fingerprint density at radius 1 is 1.00 bits per heavy atom. The van der Waals surface area contributed by atoms with Crippen LogP contribution in [0.25, 0.3) is 6.08 Å². The third kappa shape index (κ3) is 5.81. The minimum Gasteiger partial charge on any atom is -0.497 e. The van der Waals surface area contributed by atoms with Crippen molar-refractivity contribution in [3.63, 3.8) is 0 Å². The minimum atomic E-state index is -2.96. The van der Waals surface area contributed by atoms with Crippen molar-refractivity contribution in [2.24, 2.45) is 4.99 Å². The molecule has 3 aromatic rings. The number of carbonyl (C=O) groups excluding carboxylic acids is 1. The van der Waals surface area contributed by atoms with Gasteiger partial charge in [-0.15, -0.1) is 0 Å². The predicted molar refractivity (Wildman–Crippen MR) is 129 cm³/mol. The lowest BCUT2D eigenvalue weighted by molar-refractivity contribution is -0.113. The fraction of sp³-hybridized carbons (Fsp3) is 0.136. The van der Waals surface area contributed by atoms with Crippen molar-refractivity contribution in [3.05, 3.63) is 65.6 Å². The zero-order valence-electron chi connectivity index (χ0n) is 18.3. The Morgan fingerprint density at radius 2 is 1.63 bits per heavy atom. The Kier molecular flexibility index (Phi) is 7.06. The maximum absolute atomic E-state index is 13.3. The lowest BCUT2D eigenvalue weighted by atomic mass is 10.2. The molecule has 4 N–H and O–H groups in total. The lowest BCUT2D eigenvalue weighted by Gasteiger charge is -2.18. The normalized spacial score (nSPS) is 14.5. The molecule has 0 aliphatic carbocycles. The molecule has 1 aromatic heterocycles. The number of amidine groups is 1. The fourth-order valence-electron chi connectivity index (χ4n) is 3.11. The summed E-state index contributed by atoms with van der Waals surface area (Å²) in [5.74, 6) is 0.694. The number of hydrogen-bond acceptors (Lipinski definition) is 10. The Balaban J connectivity index is 1.64. The number of anilines is 3. The molecule has 0 spiro atoms. The fourth-order valence-corrected chi connectivity index (χ4v) is 3.97. The number of halogens is 2. The highest BCUT2D eigenvalue weighted by atomic mass is 32.2. The topological polar surface area (TPSA) is 142 Å². The number of aromatic nitrogens is 3. The average Bonchev–Trinajstić information content (AvgIpc) is 3.12. The third-order valence-electron chi connectivity index (χ3n) is 4.62. The summed E-state index contributed by atoms with van der Waals surface area (Å²) in [5.41, 5.74) is 12.6. The van der Waals surface area contributed by atoms with E-state index in [2.05, 4.69) is 24.7 Å². The molecule has 0 fully saturated rings. The highest BCUT2D eigenvalue weighted by Gasteiger charge is 2.32. The van der Waals surface area contributed by atoms with Crippen LogP contribution in [0.3, 0.4) is 0 Å². The van der Waals surface area contributed by atoms with E-state index in [0.717, 1.165) is 5.56 Å². The highest BCUT2D eigenvalue weighted by Crippen LogP contribution is 2.32. The quantitative estimate of drug-likeness (QED) is 0.468. The van der Waals surface area contributed by atoms with Gasteiger partial charge in [0, 0.05) is 0 Å². The number of nitrogens with zero attached hydrogens (tertiary/aromatic N) is 5. The van der Waals surface area contributed by atoms with Gasteiger partial charge in [0.25, 0.3) is 5.91 Å². The Bertz CT molecular complexity index is 1260. The van der Waals surface area contributed by atoms with Gasteiger partial charge in [-0.05, 0) is 48.0 Å². The molecule has 2 aromatic carbocycles. The van der Waals surface area contributed by atoms with Crippen molar-refractivity contribution in [2.75, 3.05) is 23.5 Å². The van der Waals surface area contributed by atoms with Crippen LogP contribution in [-0.4, -0.2) is 39.7 Å². The van der Waals surface area contributed by atoms with Gasteiger partial charge in [0.2, 0.25) is 11.9 Å². The van der Waals surface area contributed by atoms with Gasteiger partial charge < -0.3 is 20.9 Å². The van der Waals surface area contributed by atoms with Crippen molar-refractivity contribution < 1.29 is 23.0 Å². The first kappa shape index (κ1) is 23.9. The van der Waals surface area contributed by atoms with E-state index < -0.39 is 12.5 Å². The van der Waals surface area contributed by atoms with E-state index in [9.17, 15) is 13.6 Å². The van der Waals surface area contributed by atoms with Crippen LogP contribution in [0.1, 0.15) is 11.4 Å². The number of alkyl halides is 2. The van der Waals surface area contributed by atoms with Gasteiger partial charge in [-0.2, -0.15) is 23.7 Å². The maximum Gasteiger partial charge on any atom is 0.387 e. The van der Waals surface area contributed by atoms with Crippen molar-refractivity contribution in [1.82, 2.24) is 15.0 Å². The molecule has 1 aliphatic heterocycles. The molecule has 180 valence electrons. The molecule has 0 saturated carbocycles. The van der Waals surface area contributed by atoms with Crippen LogP contribution in [0.5, 0.6) is 11.5 Å². The molecule has 0 radical (unpaired) electrons. The number of hydrogen-bond donors (Lipinski definition) is 2. The number of benzene rings is 2. The zero-order chi connectivity index (χ0) is 24.9. The first-order chi connectivity index (χ1) is 16.8. The summed E-state index contributed by atoms with van der Waals surface area (Å²) >= 11 is 1.18. The standard InChI is InChI=1S/C22H19F2N7O3S/c1-33-14-6-2-12(3-7-14)10-16-18(32)31(13-4-8-15(9-5-13)34-19(23)24)22(27-16)35-11-17-28-20(25)30-21(26)29-17/h2-10,19H,11H2,1H3,(H4,25,26,28,29,30)/b16-10+. The van der Waals surface area contributed by atoms with E-state index in [-0.39, 0.29) is 29.1 Å². The Labute approximate surface area is 202 Å². The van der Waals surface area contributed by atoms with Gasteiger partial charge in [0.05, 0.1) is 18.6 Å². The van der Waals surface area contributed by atoms with Gasteiger partial charge >= 0.3 is 6.61 Å². The zero-order valence-corrected chi connectivity index (χ0v) is 19.1. The van der Waals surface area contributed by atoms with Gasteiger partial charge in [0.15, 0.2) is 5.17 Å². The summed E-state index contributed by atoms with van der Waals surface area (Å²) in [5, 5.41) is 0.329. The molecule has 35 heavy (non-hydrogen) atoms. The molecular formula is C22H19F2N7O3S. The van der Waals surface area contributed by atoms with E-state index in [4.69, 9.17) is 16.2 Å². The van der Waals surface area contributed by atoms with Gasteiger partial charge in [0.1, 0.15) is 23.0 Å². The summed E-state index contributed by atoms with van der Waals surface area (Å²) in [4.78, 5) is 31.0. The monoisotopic (exact) mass is 499 g/mol. The Morgan fingerprint density at radius 3 is 2.23 bits per heavy atom. The first-order valence-corrected chi connectivity index (χ1v) is 11.0. The number of amides is 1. The predicted octanol–water partition coefficient (Wildman–Crippen LogP) is 3.32. The summed E-state index contributed by atoms with van der Waals surface area (Å²) in [7, 11) is 1.56. The molecule has 1 amide bonds. The van der Waals surface area contributed by atoms with Crippen LogP contribution in [0.2, 0.25) is 0 Å². The number of nitrogen functional groups attached to an aromatic ring is 2. The van der Waals surface area contributed by atoms with E-state index in [1.165, 1.54) is 40.9 Å². The van der Waals surface area contributed by atoms with E-state index in [1.54, 1.807) is 37.5 Å². The Hall–Kier alpha value is -4.26. The molecule has 0 saturated heterocycles. The van der Waals surface area contributed by atoms with E-state index >= 15 is 0 Å². The number of nitrogens with two attached hydrogens (primary N) is 2. The second kappa shape index (κ2) is 10.3.